The summed E-state index contributed by atoms with van der Waals surface area (Å²) < 4.78 is 1.04. The van der Waals surface area contributed by atoms with Crippen LogP contribution in [0.1, 0.15) is 25.5 Å². The van der Waals surface area contributed by atoms with Gasteiger partial charge in [-0.15, -0.1) is 0 Å². The molecule has 0 saturated carbocycles. The molecule has 110 valence electrons. The summed E-state index contributed by atoms with van der Waals surface area (Å²) in [5, 5.41) is 6.21. The molecule has 2 aromatic carbocycles. The molecule has 3 nitrogen and oxygen atoms in total. The number of hydrogen-bond acceptors (Lipinski definition) is 2. The molecule has 2 rings (SSSR count). The van der Waals surface area contributed by atoms with Crippen molar-refractivity contribution in [3.63, 3.8) is 0 Å². The van der Waals surface area contributed by atoms with E-state index in [0.29, 0.717) is 0 Å². The maximum atomic E-state index is 12.2. The van der Waals surface area contributed by atoms with E-state index in [9.17, 15) is 4.79 Å². The van der Waals surface area contributed by atoms with Crippen LogP contribution in [-0.2, 0) is 4.79 Å². The Morgan fingerprint density at radius 2 is 1.76 bits per heavy atom. The van der Waals surface area contributed by atoms with Gasteiger partial charge in [0, 0.05) is 16.2 Å². The molecule has 0 aliphatic heterocycles. The normalized spacial score (nSPS) is 13.5. The van der Waals surface area contributed by atoms with Crippen molar-refractivity contribution in [2.24, 2.45) is 0 Å². The number of para-hydroxylation sites is 1. The molecular formula is C17H19BrN2O. The molecular weight excluding hydrogens is 328 g/mol. The zero-order valence-corrected chi connectivity index (χ0v) is 13.7. The Morgan fingerprint density at radius 3 is 2.43 bits per heavy atom. The smallest absolute Gasteiger partial charge is 0.241 e. The van der Waals surface area contributed by atoms with Gasteiger partial charge in [-0.3, -0.25) is 10.1 Å². The summed E-state index contributed by atoms with van der Waals surface area (Å²) >= 11 is 3.46. The van der Waals surface area contributed by atoms with Crippen LogP contribution in [0.15, 0.2) is 59.1 Å². The summed E-state index contributed by atoms with van der Waals surface area (Å²) in [6.45, 7) is 3.92. The number of carbonyl (C=O) groups excluding carboxylic acids is 1. The van der Waals surface area contributed by atoms with Crippen molar-refractivity contribution < 1.29 is 4.79 Å². The van der Waals surface area contributed by atoms with Crippen molar-refractivity contribution in [2.45, 2.75) is 25.9 Å². The van der Waals surface area contributed by atoms with Gasteiger partial charge in [-0.2, -0.15) is 0 Å². The van der Waals surface area contributed by atoms with Gasteiger partial charge in [0.05, 0.1) is 6.04 Å². The summed E-state index contributed by atoms with van der Waals surface area (Å²) in [5.74, 6) is -0.0388. The minimum Gasteiger partial charge on any atom is -0.325 e. The second-order valence-corrected chi connectivity index (χ2v) is 5.94. The molecule has 0 aromatic heterocycles. The molecule has 0 heterocycles. The van der Waals surface area contributed by atoms with E-state index in [1.165, 1.54) is 0 Å². The molecule has 0 aliphatic rings. The van der Waals surface area contributed by atoms with Gasteiger partial charge >= 0.3 is 0 Å². The highest BCUT2D eigenvalue weighted by Gasteiger charge is 2.16. The average Bonchev–Trinajstić information content (AvgIpc) is 2.48. The SMILES string of the molecule is CC(N[C@H](C)c1cccc(Br)c1)C(=O)Nc1ccccc1. The molecule has 0 bridgehead atoms. The van der Waals surface area contributed by atoms with Crippen molar-refractivity contribution in [2.75, 3.05) is 5.32 Å². The number of rotatable bonds is 5. The monoisotopic (exact) mass is 346 g/mol. The second-order valence-electron chi connectivity index (χ2n) is 5.02. The first-order chi connectivity index (χ1) is 10.1. The molecule has 2 atom stereocenters. The fraction of sp³-hybridized carbons (Fsp3) is 0.235. The first-order valence-corrected chi connectivity index (χ1v) is 7.73. The van der Waals surface area contributed by atoms with Gasteiger partial charge in [0.15, 0.2) is 0 Å². The molecule has 0 aliphatic carbocycles. The predicted molar refractivity (Wildman–Crippen MR) is 90.2 cm³/mol. The Hall–Kier alpha value is -1.65. The third-order valence-corrected chi connectivity index (χ3v) is 3.78. The lowest BCUT2D eigenvalue weighted by Crippen LogP contribution is -2.39. The molecule has 2 aromatic rings. The number of hydrogen-bond donors (Lipinski definition) is 2. The van der Waals surface area contributed by atoms with Crippen LogP contribution < -0.4 is 10.6 Å². The summed E-state index contributed by atoms with van der Waals surface area (Å²) in [4.78, 5) is 12.2. The van der Waals surface area contributed by atoms with Crippen molar-refractivity contribution in [1.82, 2.24) is 5.32 Å². The maximum absolute atomic E-state index is 12.2. The van der Waals surface area contributed by atoms with Crippen LogP contribution in [0.5, 0.6) is 0 Å². The minimum absolute atomic E-state index is 0.0388. The third-order valence-electron chi connectivity index (χ3n) is 3.28. The number of nitrogens with one attached hydrogen (secondary N) is 2. The van der Waals surface area contributed by atoms with Crippen LogP contribution in [0.25, 0.3) is 0 Å². The zero-order chi connectivity index (χ0) is 15.2. The lowest BCUT2D eigenvalue weighted by molar-refractivity contribution is -0.117. The first-order valence-electron chi connectivity index (χ1n) is 6.93. The molecule has 1 amide bonds. The van der Waals surface area contributed by atoms with Gasteiger partial charge in [-0.05, 0) is 43.7 Å². The average molecular weight is 347 g/mol. The van der Waals surface area contributed by atoms with Gasteiger partial charge in [0.1, 0.15) is 0 Å². The van der Waals surface area contributed by atoms with E-state index in [0.717, 1.165) is 15.7 Å². The number of carbonyl (C=O) groups is 1. The Morgan fingerprint density at radius 1 is 1.05 bits per heavy atom. The van der Waals surface area contributed by atoms with E-state index in [1.54, 1.807) is 0 Å². The van der Waals surface area contributed by atoms with Gasteiger partial charge in [0.25, 0.3) is 0 Å². The summed E-state index contributed by atoms with van der Waals surface area (Å²) in [6.07, 6.45) is 0. The van der Waals surface area contributed by atoms with E-state index in [-0.39, 0.29) is 18.0 Å². The number of halogens is 1. The quantitative estimate of drug-likeness (QED) is 0.854. The fourth-order valence-electron chi connectivity index (χ4n) is 2.09. The molecule has 0 spiro atoms. The summed E-state index contributed by atoms with van der Waals surface area (Å²) in [5.41, 5.74) is 1.95. The number of anilines is 1. The largest absolute Gasteiger partial charge is 0.325 e. The van der Waals surface area contributed by atoms with E-state index in [4.69, 9.17) is 0 Å². The van der Waals surface area contributed by atoms with Gasteiger partial charge < -0.3 is 5.32 Å². The fourth-order valence-corrected chi connectivity index (χ4v) is 2.51. The third kappa shape index (κ3) is 4.69. The molecule has 21 heavy (non-hydrogen) atoms. The standard InChI is InChI=1S/C17H19BrN2O/c1-12(14-7-6-8-15(18)11-14)19-13(2)17(21)20-16-9-4-3-5-10-16/h3-13,19H,1-2H3,(H,20,21)/t12-,13?/m1/s1. The molecule has 1 unspecified atom stereocenters. The van der Waals surface area contributed by atoms with Gasteiger partial charge in [0.2, 0.25) is 5.91 Å². The van der Waals surface area contributed by atoms with E-state index < -0.39 is 0 Å². The summed E-state index contributed by atoms with van der Waals surface area (Å²) in [6, 6.07) is 17.4. The van der Waals surface area contributed by atoms with Gasteiger partial charge in [-0.1, -0.05) is 46.3 Å². The second kappa shape index (κ2) is 7.38. The van der Waals surface area contributed by atoms with E-state index >= 15 is 0 Å². The van der Waals surface area contributed by atoms with Gasteiger partial charge in [-0.25, -0.2) is 0 Å². The Kier molecular flexibility index (Phi) is 5.53. The highest BCUT2D eigenvalue weighted by molar-refractivity contribution is 9.10. The Bertz CT molecular complexity index is 601. The lowest BCUT2D eigenvalue weighted by atomic mass is 10.1. The Balaban J connectivity index is 1.94. The molecule has 0 radical (unpaired) electrons. The van der Waals surface area contributed by atoms with Crippen LogP contribution in [-0.4, -0.2) is 11.9 Å². The Labute approximate surface area is 133 Å². The minimum atomic E-state index is -0.279. The first kappa shape index (κ1) is 15.7. The van der Waals surface area contributed by atoms with Crippen molar-refractivity contribution in [3.05, 3.63) is 64.6 Å². The number of amides is 1. The zero-order valence-electron chi connectivity index (χ0n) is 12.1. The van der Waals surface area contributed by atoms with Crippen molar-refractivity contribution >= 4 is 27.5 Å². The van der Waals surface area contributed by atoms with E-state index in [1.807, 2.05) is 62.4 Å². The van der Waals surface area contributed by atoms with Crippen LogP contribution in [0.2, 0.25) is 0 Å². The van der Waals surface area contributed by atoms with Crippen LogP contribution in [0.3, 0.4) is 0 Å². The predicted octanol–water partition coefficient (Wildman–Crippen LogP) is 4.13. The van der Waals surface area contributed by atoms with Crippen LogP contribution in [0, 0.1) is 0 Å². The summed E-state index contributed by atoms with van der Waals surface area (Å²) in [7, 11) is 0. The highest BCUT2D eigenvalue weighted by atomic mass is 79.9. The molecule has 4 heteroatoms. The molecule has 0 fully saturated rings. The lowest BCUT2D eigenvalue weighted by Gasteiger charge is -2.20. The topological polar surface area (TPSA) is 41.1 Å². The van der Waals surface area contributed by atoms with Crippen molar-refractivity contribution in [1.29, 1.82) is 0 Å². The molecule has 2 N–H and O–H groups in total. The van der Waals surface area contributed by atoms with Crippen LogP contribution in [0.4, 0.5) is 5.69 Å². The van der Waals surface area contributed by atoms with Crippen LogP contribution >= 0.6 is 15.9 Å². The number of benzene rings is 2. The van der Waals surface area contributed by atoms with Crippen molar-refractivity contribution in [3.8, 4) is 0 Å². The van der Waals surface area contributed by atoms with E-state index in [2.05, 4.69) is 32.6 Å². The molecule has 0 saturated heterocycles. The maximum Gasteiger partial charge on any atom is 0.241 e. The highest BCUT2D eigenvalue weighted by Crippen LogP contribution is 2.18.